The van der Waals surface area contributed by atoms with Gasteiger partial charge in [0, 0.05) is 6.54 Å². The molecule has 0 amide bonds. The van der Waals surface area contributed by atoms with Crippen molar-refractivity contribution in [2.24, 2.45) is 0 Å². The highest BCUT2D eigenvalue weighted by Gasteiger charge is 2.12. The Morgan fingerprint density at radius 1 is 1.00 bits per heavy atom. The van der Waals surface area contributed by atoms with E-state index in [9.17, 15) is 0 Å². The number of benzene rings is 2. The molecule has 0 atom stereocenters. The minimum Gasteiger partial charge on any atom is -0.316 e. The topological polar surface area (TPSA) is 12.0 Å². The Bertz CT molecular complexity index is 557. The first-order chi connectivity index (χ1) is 8.88. The normalized spacial score (nSPS) is 13.6. The quantitative estimate of drug-likeness (QED) is 0.860. The summed E-state index contributed by atoms with van der Waals surface area (Å²) in [7, 11) is 2.00. The van der Waals surface area contributed by atoms with Crippen LogP contribution in [0.2, 0.25) is 0 Å². The Kier molecular flexibility index (Phi) is 3.16. The molecule has 0 radical (unpaired) electrons. The van der Waals surface area contributed by atoms with Crippen LogP contribution in [0.4, 0.5) is 0 Å². The molecule has 0 fully saturated rings. The van der Waals surface area contributed by atoms with E-state index in [1.165, 1.54) is 36.0 Å². The first kappa shape index (κ1) is 11.5. The Balaban J connectivity index is 2.04. The SMILES string of the molecule is CNCc1ccccc1-c1ccc2c(c1)CCC2. The zero-order chi connectivity index (χ0) is 12.4. The van der Waals surface area contributed by atoms with Crippen molar-refractivity contribution >= 4 is 0 Å². The fourth-order valence-corrected chi connectivity index (χ4v) is 2.89. The highest BCUT2D eigenvalue weighted by atomic mass is 14.8. The second-order valence-corrected chi connectivity index (χ2v) is 5.02. The number of fused-ring (bicyclic) bond motifs is 1. The molecule has 92 valence electrons. The van der Waals surface area contributed by atoms with Gasteiger partial charge in [0.05, 0.1) is 0 Å². The molecule has 18 heavy (non-hydrogen) atoms. The molecule has 0 bridgehead atoms. The molecular formula is C17H19N. The summed E-state index contributed by atoms with van der Waals surface area (Å²) in [5.41, 5.74) is 7.19. The largest absolute Gasteiger partial charge is 0.316 e. The maximum Gasteiger partial charge on any atom is 0.0208 e. The summed E-state index contributed by atoms with van der Waals surface area (Å²) in [6, 6.07) is 15.6. The van der Waals surface area contributed by atoms with E-state index in [1.807, 2.05) is 7.05 Å². The molecule has 0 spiro atoms. The molecule has 0 unspecified atom stereocenters. The summed E-state index contributed by atoms with van der Waals surface area (Å²) in [4.78, 5) is 0. The maximum atomic E-state index is 3.25. The van der Waals surface area contributed by atoms with Crippen molar-refractivity contribution in [3.05, 3.63) is 59.2 Å². The lowest BCUT2D eigenvalue weighted by Crippen LogP contribution is -2.06. The van der Waals surface area contributed by atoms with E-state index < -0.39 is 0 Å². The van der Waals surface area contributed by atoms with Crippen LogP contribution in [0, 0.1) is 0 Å². The average molecular weight is 237 g/mol. The average Bonchev–Trinajstić information content (AvgIpc) is 2.87. The molecule has 1 aliphatic rings. The molecule has 0 aromatic heterocycles. The van der Waals surface area contributed by atoms with Crippen LogP contribution in [-0.2, 0) is 19.4 Å². The molecule has 0 heterocycles. The van der Waals surface area contributed by atoms with E-state index in [2.05, 4.69) is 47.8 Å². The molecule has 1 N–H and O–H groups in total. The Hall–Kier alpha value is -1.60. The molecule has 2 aromatic rings. The van der Waals surface area contributed by atoms with Gasteiger partial charge in [-0.3, -0.25) is 0 Å². The molecule has 3 rings (SSSR count). The second-order valence-electron chi connectivity index (χ2n) is 5.02. The van der Waals surface area contributed by atoms with Crippen molar-refractivity contribution in [3.63, 3.8) is 0 Å². The molecule has 0 saturated carbocycles. The van der Waals surface area contributed by atoms with Crippen molar-refractivity contribution in [1.82, 2.24) is 5.32 Å². The highest BCUT2D eigenvalue weighted by Crippen LogP contribution is 2.29. The summed E-state index contributed by atoms with van der Waals surface area (Å²) in [6.07, 6.45) is 3.82. The maximum absolute atomic E-state index is 3.25. The van der Waals surface area contributed by atoms with Crippen molar-refractivity contribution in [1.29, 1.82) is 0 Å². The van der Waals surface area contributed by atoms with Gasteiger partial charge in [-0.2, -0.15) is 0 Å². The Morgan fingerprint density at radius 2 is 1.83 bits per heavy atom. The second kappa shape index (κ2) is 4.95. The number of hydrogen-bond donors (Lipinski definition) is 1. The van der Waals surface area contributed by atoms with Gasteiger partial charge in [0.2, 0.25) is 0 Å². The third kappa shape index (κ3) is 2.06. The van der Waals surface area contributed by atoms with Gasteiger partial charge < -0.3 is 5.32 Å². The van der Waals surface area contributed by atoms with E-state index in [4.69, 9.17) is 0 Å². The molecule has 1 heteroatoms. The van der Waals surface area contributed by atoms with Gasteiger partial charge in [0.25, 0.3) is 0 Å². The van der Waals surface area contributed by atoms with Crippen LogP contribution < -0.4 is 5.32 Å². The zero-order valence-electron chi connectivity index (χ0n) is 10.9. The van der Waals surface area contributed by atoms with E-state index in [1.54, 1.807) is 11.1 Å². The van der Waals surface area contributed by atoms with E-state index in [-0.39, 0.29) is 0 Å². The van der Waals surface area contributed by atoms with Gasteiger partial charge >= 0.3 is 0 Å². The lowest BCUT2D eigenvalue weighted by Gasteiger charge is -2.11. The van der Waals surface area contributed by atoms with Crippen molar-refractivity contribution in [2.45, 2.75) is 25.8 Å². The first-order valence-corrected chi connectivity index (χ1v) is 6.73. The first-order valence-electron chi connectivity index (χ1n) is 6.73. The summed E-state index contributed by atoms with van der Waals surface area (Å²) in [5.74, 6) is 0. The van der Waals surface area contributed by atoms with E-state index in [0.717, 1.165) is 6.54 Å². The van der Waals surface area contributed by atoms with Gasteiger partial charge in [-0.05, 0) is 54.1 Å². The minimum atomic E-state index is 0.924. The minimum absolute atomic E-state index is 0.924. The van der Waals surface area contributed by atoms with E-state index >= 15 is 0 Å². The van der Waals surface area contributed by atoms with Gasteiger partial charge in [0.1, 0.15) is 0 Å². The van der Waals surface area contributed by atoms with Crippen LogP contribution in [0.5, 0.6) is 0 Å². The van der Waals surface area contributed by atoms with Crippen LogP contribution in [0.15, 0.2) is 42.5 Å². The van der Waals surface area contributed by atoms with Crippen LogP contribution in [0.3, 0.4) is 0 Å². The molecule has 2 aromatic carbocycles. The van der Waals surface area contributed by atoms with Crippen LogP contribution in [0.1, 0.15) is 23.1 Å². The lowest BCUT2D eigenvalue weighted by atomic mass is 9.96. The number of nitrogens with one attached hydrogen (secondary N) is 1. The third-order valence-electron chi connectivity index (χ3n) is 3.79. The predicted molar refractivity (Wildman–Crippen MR) is 76.7 cm³/mol. The van der Waals surface area contributed by atoms with Crippen LogP contribution in [0.25, 0.3) is 11.1 Å². The third-order valence-corrected chi connectivity index (χ3v) is 3.79. The number of hydrogen-bond acceptors (Lipinski definition) is 1. The summed E-state index contributed by atoms with van der Waals surface area (Å²) >= 11 is 0. The lowest BCUT2D eigenvalue weighted by molar-refractivity contribution is 0.819. The fourth-order valence-electron chi connectivity index (χ4n) is 2.89. The van der Waals surface area contributed by atoms with Gasteiger partial charge in [-0.1, -0.05) is 42.5 Å². The monoisotopic (exact) mass is 237 g/mol. The molecule has 0 aliphatic heterocycles. The Morgan fingerprint density at radius 3 is 2.72 bits per heavy atom. The summed E-state index contributed by atoms with van der Waals surface area (Å²) < 4.78 is 0. The number of rotatable bonds is 3. The van der Waals surface area contributed by atoms with Crippen LogP contribution in [-0.4, -0.2) is 7.05 Å². The standard InChI is InChI=1S/C17H19N/c1-18-12-16-5-2-3-8-17(16)15-10-9-13-6-4-7-14(13)11-15/h2-3,5,8-11,18H,4,6-7,12H2,1H3. The smallest absolute Gasteiger partial charge is 0.0208 e. The van der Waals surface area contributed by atoms with Gasteiger partial charge in [-0.15, -0.1) is 0 Å². The molecule has 1 aliphatic carbocycles. The summed E-state index contributed by atoms with van der Waals surface area (Å²) in [5, 5.41) is 3.25. The van der Waals surface area contributed by atoms with Crippen molar-refractivity contribution in [3.8, 4) is 11.1 Å². The van der Waals surface area contributed by atoms with Crippen LogP contribution >= 0.6 is 0 Å². The predicted octanol–water partition coefficient (Wildman–Crippen LogP) is 3.56. The Labute approximate surface area is 109 Å². The summed E-state index contributed by atoms with van der Waals surface area (Å²) in [6.45, 7) is 0.924. The van der Waals surface area contributed by atoms with E-state index in [0.29, 0.717) is 0 Å². The van der Waals surface area contributed by atoms with Gasteiger partial charge in [-0.25, -0.2) is 0 Å². The number of aryl methyl sites for hydroxylation is 2. The fraction of sp³-hybridized carbons (Fsp3) is 0.294. The molecule has 0 saturated heterocycles. The van der Waals surface area contributed by atoms with Crippen molar-refractivity contribution in [2.75, 3.05) is 7.05 Å². The van der Waals surface area contributed by atoms with Crippen molar-refractivity contribution < 1.29 is 0 Å². The highest BCUT2D eigenvalue weighted by molar-refractivity contribution is 5.68. The molecular weight excluding hydrogens is 218 g/mol. The van der Waals surface area contributed by atoms with Gasteiger partial charge in [0.15, 0.2) is 0 Å². The zero-order valence-corrected chi connectivity index (χ0v) is 10.9. The molecule has 1 nitrogen and oxygen atoms in total.